The first-order valence-electron chi connectivity index (χ1n) is 7.87. The highest BCUT2D eigenvalue weighted by atomic mass is 35.5. The summed E-state index contributed by atoms with van der Waals surface area (Å²) in [5.74, 6) is 2.90. The molecule has 2 aliphatic rings. The minimum atomic E-state index is 0.754. The van der Waals surface area contributed by atoms with E-state index < -0.39 is 0 Å². The van der Waals surface area contributed by atoms with Gasteiger partial charge in [0.2, 0.25) is 0 Å². The molecule has 2 aliphatic carbocycles. The number of pyridine rings is 1. The van der Waals surface area contributed by atoms with Crippen molar-refractivity contribution in [2.45, 2.75) is 39.2 Å². The monoisotopic (exact) mass is 293 g/mol. The minimum Gasteiger partial charge on any atom is -0.356 e. The Kier molecular flexibility index (Phi) is 4.47. The lowest BCUT2D eigenvalue weighted by Gasteiger charge is -2.24. The molecule has 2 fully saturated rings. The number of nitrogens with one attached hydrogen (secondary N) is 1. The van der Waals surface area contributed by atoms with Crippen LogP contribution in [-0.2, 0) is 6.54 Å². The maximum Gasteiger partial charge on any atom is 0.128 e. The van der Waals surface area contributed by atoms with Crippen molar-refractivity contribution in [2.75, 3.05) is 24.5 Å². The van der Waals surface area contributed by atoms with Gasteiger partial charge >= 0.3 is 0 Å². The predicted octanol–water partition coefficient (Wildman–Crippen LogP) is 3.47. The second-order valence-corrected chi connectivity index (χ2v) is 6.58. The molecule has 0 bridgehead atoms. The van der Waals surface area contributed by atoms with Gasteiger partial charge in [-0.2, -0.15) is 0 Å². The fourth-order valence-electron chi connectivity index (χ4n) is 2.50. The average Bonchev–Trinajstić information content (AvgIpc) is 3.32. The fraction of sp³-hybridized carbons (Fsp3) is 0.688. The van der Waals surface area contributed by atoms with Gasteiger partial charge in [0.05, 0.1) is 10.7 Å². The second-order valence-electron chi connectivity index (χ2n) is 6.17. The molecule has 110 valence electrons. The van der Waals surface area contributed by atoms with Crippen molar-refractivity contribution in [1.82, 2.24) is 10.3 Å². The summed E-state index contributed by atoms with van der Waals surface area (Å²) >= 11 is 6.25. The SMILES string of the molecule is CCNCc1nc(N(CC2CC2)CC2CC2)ccc1Cl. The van der Waals surface area contributed by atoms with Crippen LogP contribution in [-0.4, -0.2) is 24.6 Å². The first-order chi connectivity index (χ1) is 9.76. The third kappa shape index (κ3) is 3.86. The molecule has 0 unspecified atom stereocenters. The van der Waals surface area contributed by atoms with Gasteiger partial charge in [0.25, 0.3) is 0 Å². The molecule has 2 saturated carbocycles. The van der Waals surface area contributed by atoms with Gasteiger partial charge in [0, 0.05) is 19.6 Å². The Labute approximate surface area is 126 Å². The maximum absolute atomic E-state index is 6.25. The van der Waals surface area contributed by atoms with Gasteiger partial charge in [-0.1, -0.05) is 18.5 Å². The van der Waals surface area contributed by atoms with Gasteiger partial charge in [-0.3, -0.25) is 0 Å². The van der Waals surface area contributed by atoms with E-state index in [1.54, 1.807) is 0 Å². The Bertz CT molecular complexity index is 441. The van der Waals surface area contributed by atoms with Gasteiger partial charge in [-0.25, -0.2) is 4.98 Å². The second kappa shape index (κ2) is 6.31. The van der Waals surface area contributed by atoms with E-state index in [0.717, 1.165) is 41.5 Å². The Morgan fingerprint density at radius 1 is 1.20 bits per heavy atom. The lowest BCUT2D eigenvalue weighted by Crippen LogP contribution is -2.29. The predicted molar refractivity (Wildman–Crippen MR) is 84.3 cm³/mol. The van der Waals surface area contributed by atoms with Crippen LogP contribution in [0, 0.1) is 11.8 Å². The van der Waals surface area contributed by atoms with Crippen LogP contribution in [0.15, 0.2) is 12.1 Å². The van der Waals surface area contributed by atoms with Crippen molar-refractivity contribution < 1.29 is 0 Å². The molecule has 1 heterocycles. The molecule has 0 aliphatic heterocycles. The Morgan fingerprint density at radius 2 is 1.85 bits per heavy atom. The van der Waals surface area contributed by atoms with Crippen LogP contribution in [0.1, 0.15) is 38.3 Å². The summed E-state index contributed by atoms with van der Waals surface area (Å²) in [6.45, 7) is 6.14. The number of aromatic nitrogens is 1. The standard InChI is InChI=1S/C16H24ClN3/c1-2-18-9-15-14(17)7-8-16(19-15)20(10-12-3-4-12)11-13-5-6-13/h7-8,12-13,18H,2-6,9-11H2,1H3. The molecule has 1 aromatic rings. The van der Waals surface area contributed by atoms with Crippen LogP contribution in [0.25, 0.3) is 0 Å². The van der Waals surface area contributed by atoms with Gasteiger partial charge in [0.1, 0.15) is 5.82 Å². The van der Waals surface area contributed by atoms with Crippen LogP contribution < -0.4 is 10.2 Å². The van der Waals surface area contributed by atoms with E-state index in [1.165, 1.54) is 38.8 Å². The van der Waals surface area contributed by atoms with Crippen molar-refractivity contribution in [3.63, 3.8) is 0 Å². The van der Waals surface area contributed by atoms with E-state index in [2.05, 4.69) is 23.2 Å². The van der Waals surface area contributed by atoms with Crippen molar-refractivity contribution in [2.24, 2.45) is 11.8 Å². The molecule has 3 nitrogen and oxygen atoms in total. The lowest BCUT2D eigenvalue weighted by atomic mass is 10.2. The van der Waals surface area contributed by atoms with E-state index in [0.29, 0.717) is 0 Å². The van der Waals surface area contributed by atoms with Crippen LogP contribution in [0.4, 0.5) is 5.82 Å². The van der Waals surface area contributed by atoms with Crippen LogP contribution >= 0.6 is 11.6 Å². The summed E-state index contributed by atoms with van der Waals surface area (Å²) in [7, 11) is 0. The zero-order valence-electron chi connectivity index (χ0n) is 12.2. The van der Waals surface area contributed by atoms with Gasteiger partial charge in [-0.15, -0.1) is 0 Å². The molecule has 0 atom stereocenters. The molecule has 0 aromatic carbocycles. The molecular weight excluding hydrogens is 270 g/mol. The van der Waals surface area contributed by atoms with Gasteiger partial charge in [0.15, 0.2) is 0 Å². The molecule has 0 spiro atoms. The normalized spacial score (nSPS) is 18.3. The summed E-state index contributed by atoms with van der Waals surface area (Å²) in [6, 6.07) is 4.09. The first-order valence-corrected chi connectivity index (χ1v) is 8.25. The van der Waals surface area contributed by atoms with Crippen molar-refractivity contribution >= 4 is 17.4 Å². The van der Waals surface area contributed by atoms with Gasteiger partial charge in [-0.05, 0) is 56.2 Å². The van der Waals surface area contributed by atoms with Crippen molar-refractivity contribution in [3.05, 3.63) is 22.8 Å². The minimum absolute atomic E-state index is 0.754. The Balaban J connectivity index is 1.73. The van der Waals surface area contributed by atoms with Crippen LogP contribution in [0.3, 0.4) is 0 Å². The highest BCUT2D eigenvalue weighted by Gasteiger charge is 2.30. The highest BCUT2D eigenvalue weighted by Crippen LogP contribution is 2.35. The Hall–Kier alpha value is -0.800. The first kappa shape index (κ1) is 14.2. The van der Waals surface area contributed by atoms with Crippen molar-refractivity contribution in [3.8, 4) is 0 Å². The average molecular weight is 294 g/mol. The molecule has 0 saturated heterocycles. The molecule has 1 aromatic heterocycles. The molecule has 0 radical (unpaired) electrons. The number of anilines is 1. The Morgan fingerprint density at radius 3 is 2.40 bits per heavy atom. The third-order valence-electron chi connectivity index (χ3n) is 4.12. The summed E-state index contributed by atoms with van der Waals surface area (Å²) in [5, 5.41) is 4.08. The van der Waals surface area contributed by atoms with Gasteiger partial charge < -0.3 is 10.2 Å². The zero-order valence-corrected chi connectivity index (χ0v) is 13.0. The molecule has 1 N–H and O–H groups in total. The summed E-state index contributed by atoms with van der Waals surface area (Å²) in [6.07, 6.45) is 5.55. The third-order valence-corrected chi connectivity index (χ3v) is 4.47. The highest BCUT2D eigenvalue weighted by molar-refractivity contribution is 6.31. The smallest absolute Gasteiger partial charge is 0.128 e. The molecule has 3 rings (SSSR count). The molecule has 4 heteroatoms. The van der Waals surface area contributed by atoms with Crippen molar-refractivity contribution in [1.29, 1.82) is 0 Å². The van der Waals surface area contributed by atoms with E-state index in [4.69, 9.17) is 16.6 Å². The molecular formula is C16H24ClN3. The number of halogens is 1. The quantitative estimate of drug-likeness (QED) is 0.795. The van der Waals surface area contributed by atoms with E-state index in [9.17, 15) is 0 Å². The number of hydrogen-bond acceptors (Lipinski definition) is 3. The summed E-state index contributed by atoms with van der Waals surface area (Å²) in [5.41, 5.74) is 0.975. The maximum atomic E-state index is 6.25. The fourth-order valence-corrected chi connectivity index (χ4v) is 2.67. The van der Waals surface area contributed by atoms with E-state index >= 15 is 0 Å². The lowest BCUT2D eigenvalue weighted by molar-refractivity contribution is 0.663. The molecule has 0 amide bonds. The summed E-state index contributed by atoms with van der Waals surface area (Å²) < 4.78 is 0. The largest absolute Gasteiger partial charge is 0.356 e. The molecule has 20 heavy (non-hydrogen) atoms. The van der Waals surface area contributed by atoms with E-state index in [-0.39, 0.29) is 0 Å². The summed E-state index contributed by atoms with van der Waals surface area (Å²) in [4.78, 5) is 7.29. The number of hydrogen-bond donors (Lipinski definition) is 1. The van der Waals surface area contributed by atoms with E-state index in [1.807, 2.05) is 6.07 Å². The number of nitrogens with zero attached hydrogens (tertiary/aromatic N) is 2. The zero-order chi connectivity index (χ0) is 13.9. The van der Waals surface area contributed by atoms with Crippen LogP contribution in [0.2, 0.25) is 5.02 Å². The topological polar surface area (TPSA) is 28.2 Å². The number of rotatable bonds is 8. The van der Waals surface area contributed by atoms with Crippen LogP contribution in [0.5, 0.6) is 0 Å².